The van der Waals surface area contributed by atoms with Gasteiger partial charge in [-0.2, -0.15) is 0 Å². The summed E-state index contributed by atoms with van der Waals surface area (Å²) in [7, 11) is 0. The molecule has 0 unspecified atom stereocenters. The van der Waals surface area contributed by atoms with E-state index in [0.29, 0.717) is 6.42 Å². The second kappa shape index (κ2) is 32.1. The van der Waals surface area contributed by atoms with Gasteiger partial charge in [0.2, 0.25) is 0 Å². The molecule has 0 amide bonds. The number of rotatable bonds is 28. The second-order valence-corrected chi connectivity index (χ2v) is 10.3. The maximum absolute atomic E-state index is 10.4. The minimum Gasteiger partial charge on any atom is -0.481 e. The van der Waals surface area contributed by atoms with Crippen molar-refractivity contribution in [2.24, 2.45) is 0 Å². The molecular weight excluding hydrogens is 458 g/mol. The average Bonchev–Trinajstić information content (AvgIpc) is 2.78. The van der Waals surface area contributed by atoms with Crippen LogP contribution in [0.3, 0.4) is 0 Å². The molecule has 1 N–H and O–H groups in total. The summed E-state index contributed by atoms with van der Waals surface area (Å²) in [5.41, 5.74) is 0. The zero-order chi connectivity index (χ0) is 23.4. The van der Waals surface area contributed by atoms with Crippen molar-refractivity contribution < 1.29 is 29.4 Å². The summed E-state index contributed by atoms with van der Waals surface area (Å²) in [6.45, 7) is 2.30. The monoisotopic (exact) mass is 516 g/mol. The van der Waals surface area contributed by atoms with Crippen LogP contribution in [0.1, 0.15) is 187 Å². The van der Waals surface area contributed by atoms with E-state index >= 15 is 0 Å². The number of aliphatic carboxylic acids is 1. The Balaban J connectivity index is 0. The van der Waals surface area contributed by atoms with Crippen molar-refractivity contribution in [1.29, 1.82) is 0 Å². The van der Waals surface area contributed by atoms with Gasteiger partial charge in [0.15, 0.2) is 0 Å². The molecule has 33 heavy (non-hydrogen) atoms. The molecule has 0 spiro atoms. The quantitative estimate of drug-likeness (QED) is 0.0827. The molecule has 0 aromatic heterocycles. The maximum atomic E-state index is 10.4. The van der Waals surface area contributed by atoms with E-state index in [-0.39, 0.29) is 19.5 Å². The van der Waals surface area contributed by atoms with E-state index < -0.39 is 5.97 Å². The van der Waals surface area contributed by atoms with Crippen LogP contribution in [-0.4, -0.2) is 11.1 Å². The molecule has 3 heteroatoms. The molecule has 0 bridgehead atoms. The van der Waals surface area contributed by atoms with Crippen LogP contribution in [0.15, 0.2) is 0 Å². The summed E-state index contributed by atoms with van der Waals surface area (Å²) in [4.78, 5) is 10.4. The van der Waals surface area contributed by atoms with Gasteiger partial charge in [-0.3, -0.25) is 4.79 Å². The summed E-state index contributed by atoms with van der Waals surface area (Å²) in [6, 6.07) is 0. The van der Waals surface area contributed by atoms with Gasteiger partial charge < -0.3 is 5.11 Å². The Labute approximate surface area is 221 Å². The van der Waals surface area contributed by atoms with E-state index in [1.54, 1.807) is 0 Å². The van der Waals surface area contributed by atoms with Gasteiger partial charge in [0.1, 0.15) is 0 Å². The van der Waals surface area contributed by atoms with Crippen molar-refractivity contribution in [1.82, 2.24) is 0 Å². The summed E-state index contributed by atoms with van der Waals surface area (Å²) in [6.07, 6.45) is 38.0. The first-order valence-electron chi connectivity index (χ1n) is 15.0. The number of carboxylic acid groups (broad SMARTS) is 1. The molecule has 0 saturated heterocycles. The van der Waals surface area contributed by atoms with Crippen molar-refractivity contribution in [2.45, 2.75) is 187 Å². The Morgan fingerprint density at radius 3 is 0.758 bits per heavy atom. The van der Waals surface area contributed by atoms with Crippen molar-refractivity contribution in [3.63, 3.8) is 0 Å². The summed E-state index contributed by atoms with van der Waals surface area (Å²) < 4.78 is 0. The van der Waals surface area contributed by atoms with Crippen LogP contribution in [0, 0.1) is 0 Å². The van der Waals surface area contributed by atoms with Gasteiger partial charge in [-0.25, -0.2) is 0 Å². The van der Waals surface area contributed by atoms with Gasteiger partial charge >= 0.3 is 5.97 Å². The van der Waals surface area contributed by atoms with Gasteiger partial charge in [-0.15, -0.1) is 0 Å². The van der Waals surface area contributed by atoms with E-state index in [0.717, 1.165) is 12.8 Å². The first kappa shape index (κ1) is 35.3. The molecule has 0 aromatic rings. The Morgan fingerprint density at radius 1 is 0.394 bits per heavy atom. The van der Waals surface area contributed by atoms with Crippen molar-refractivity contribution in [2.75, 3.05) is 0 Å². The smallest absolute Gasteiger partial charge is 0.303 e. The molecule has 0 aliphatic rings. The van der Waals surface area contributed by atoms with Crippen LogP contribution in [0.5, 0.6) is 0 Å². The summed E-state index contributed by atoms with van der Waals surface area (Å²) in [5, 5.41) is 8.61. The normalized spacial score (nSPS) is 10.9. The molecule has 194 valence electrons. The van der Waals surface area contributed by atoms with E-state index in [2.05, 4.69) is 6.92 Å². The largest absolute Gasteiger partial charge is 0.481 e. The fourth-order valence-corrected chi connectivity index (χ4v) is 4.77. The zero-order valence-electron chi connectivity index (χ0n) is 22.9. The standard InChI is InChI=1S/C30H60O2.Zn/c1-2-3-4-5-6-7-8-9-10-11-12-13-14-15-16-17-18-19-20-21-22-23-24-25-26-27-28-29-30(31)32;/h2-29H2,1H3,(H,31,32);. The van der Waals surface area contributed by atoms with Gasteiger partial charge in [0, 0.05) is 25.9 Å². The first-order chi connectivity index (χ1) is 15.8. The van der Waals surface area contributed by atoms with E-state index in [1.165, 1.54) is 161 Å². The van der Waals surface area contributed by atoms with E-state index in [1.807, 2.05) is 0 Å². The minimum absolute atomic E-state index is 0. The summed E-state index contributed by atoms with van der Waals surface area (Å²) >= 11 is 0. The van der Waals surface area contributed by atoms with Crippen LogP contribution in [0.25, 0.3) is 0 Å². The van der Waals surface area contributed by atoms with Gasteiger partial charge in [-0.1, -0.05) is 174 Å². The zero-order valence-corrected chi connectivity index (χ0v) is 25.8. The number of hydrogen-bond donors (Lipinski definition) is 1. The third kappa shape index (κ3) is 34.3. The maximum Gasteiger partial charge on any atom is 0.303 e. The molecule has 0 heterocycles. The Bertz CT molecular complexity index is 359. The van der Waals surface area contributed by atoms with E-state index in [9.17, 15) is 4.79 Å². The molecule has 0 radical (unpaired) electrons. The van der Waals surface area contributed by atoms with Crippen LogP contribution < -0.4 is 0 Å². The Kier molecular flexibility index (Phi) is 34.3. The number of carbonyl (C=O) groups is 1. The second-order valence-electron chi connectivity index (χ2n) is 10.3. The van der Waals surface area contributed by atoms with Crippen molar-refractivity contribution in [3.05, 3.63) is 0 Å². The van der Waals surface area contributed by atoms with Crippen molar-refractivity contribution >= 4 is 5.97 Å². The van der Waals surface area contributed by atoms with Crippen LogP contribution in [0.4, 0.5) is 0 Å². The van der Waals surface area contributed by atoms with Gasteiger partial charge in [-0.05, 0) is 6.42 Å². The molecule has 0 saturated carbocycles. The van der Waals surface area contributed by atoms with Gasteiger partial charge in [0.25, 0.3) is 0 Å². The molecule has 0 fully saturated rings. The molecule has 0 aliphatic carbocycles. The Morgan fingerprint density at radius 2 is 0.576 bits per heavy atom. The molecule has 0 atom stereocenters. The molecule has 0 aromatic carbocycles. The minimum atomic E-state index is -0.649. The fraction of sp³-hybridized carbons (Fsp3) is 0.967. The van der Waals surface area contributed by atoms with Crippen LogP contribution in [0.2, 0.25) is 0 Å². The Hall–Kier alpha value is 0.0934. The van der Waals surface area contributed by atoms with Crippen molar-refractivity contribution in [3.8, 4) is 0 Å². The molecule has 2 nitrogen and oxygen atoms in total. The fourth-order valence-electron chi connectivity index (χ4n) is 4.77. The first-order valence-corrected chi connectivity index (χ1v) is 15.0. The van der Waals surface area contributed by atoms with Gasteiger partial charge in [0.05, 0.1) is 0 Å². The van der Waals surface area contributed by atoms with E-state index in [4.69, 9.17) is 5.11 Å². The number of hydrogen-bond acceptors (Lipinski definition) is 1. The number of carboxylic acids is 1. The van der Waals surface area contributed by atoms with Crippen LogP contribution in [-0.2, 0) is 24.3 Å². The predicted molar refractivity (Wildman–Crippen MR) is 143 cm³/mol. The number of unbranched alkanes of at least 4 members (excludes halogenated alkanes) is 26. The molecule has 0 aliphatic heterocycles. The molecular formula is C30H60O2Zn. The SMILES string of the molecule is CCCCCCCCCCCCCCCCCCCCCCCCCCCCCC(=O)O.[Zn]. The average molecular weight is 518 g/mol. The third-order valence-electron chi connectivity index (χ3n) is 6.99. The third-order valence-corrected chi connectivity index (χ3v) is 6.99. The topological polar surface area (TPSA) is 37.3 Å². The summed E-state index contributed by atoms with van der Waals surface area (Å²) in [5.74, 6) is -0.649. The van der Waals surface area contributed by atoms with Crippen LogP contribution >= 0.6 is 0 Å². The molecule has 0 rings (SSSR count). The predicted octanol–water partition coefficient (Wildman–Crippen LogP) is 11.0.